The Morgan fingerprint density at radius 1 is 1.36 bits per heavy atom. The SMILES string of the molecule is CC(C)(C)OC(N)=O.O=C(O)CCO. The van der Waals surface area contributed by atoms with Gasteiger partial charge in [0.1, 0.15) is 5.60 Å². The topological polar surface area (TPSA) is 110 Å². The fourth-order valence-corrected chi connectivity index (χ4v) is 0.397. The Kier molecular flexibility index (Phi) is 7.74. The number of carbonyl (C=O) groups excluding carboxylic acids is 1. The predicted molar refractivity (Wildman–Crippen MR) is 49.8 cm³/mol. The van der Waals surface area contributed by atoms with E-state index in [2.05, 4.69) is 4.74 Å². The van der Waals surface area contributed by atoms with Crippen LogP contribution in [0.15, 0.2) is 0 Å². The number of carboxylic acids is 1. The van der Waals surface area contributed by atoms with Crippen LogP contribution in [0.3, 0.4) is 0 Å². The van der Waals surface area contributed by atoms with Gasteiger partial charge in [-0.05, 0) is 20.8 Å². The molecular formula is C8H17NO5. The van der Waals surface area contributed by atoms with Crippen molar-refractivity contribution >= 4 is 12.1 Å². The molecule has 0 aliphatic heterocycles. The van der Waals surface area contributed by atoms with Crippen molar-refractivity contribution in [2.24, 2.45) is 5.73 Å². The maximum absolute atomic E-state index is 10.0. The van der Waals surface area contributed by atoms with Crippen LogP contribution in [-0.2, 0) is 9.53 Å². The van der Waals surface area contributed by atoms with Crippen LogP contribution in [0, 0.1) is 0 Å². The molecule has 0 bridgehead atoms. The van der Waals surface area contributed by atoms with E-state index in [9.17, 15) is 9.59 Å². The van der Waals surface area contributed by atoms with Gasteiger partial charge in [0.15, 0.2) is 0 Å². The number of hydrogen-bond donors (Lipinski definition) is 3. The third kappa shape index (κ3) is 22.4. The molecule has 0 unspecified atom stereocenters. The molecule has 0 spiro atoms. The van der Waals surface area contributed by atoms with Gasteiger partial charge in [0.05, 0.1) is 13.0 Å². The van der Waals surface area contributed by atoms with Crippen LogP contribution in [0.4, 0.5) is 4.79 Å². The van der Waals surface area contributed by atoms with Crippen LogP contribution >= 0.6 is 0 Å². The molecule has 0 heterocycles. The van der Waals surface area contributed by atoms with Crippen molar-refractivity contribution in [2.75, 3.05) is 6.61 Å². The van der Waals surface area contributed by atoms with E-state index < -0.39 is 17.7 Å². The van der Waals surface area contributed by atoms with E-state index in [4.69, 9.17) is 15.9 Å². The first-order chi connectivity index (χ1) is 6.19. The lowest BCUT2D eigenvalue weighted by atomic mass is 10.2. The summed E-state index contributed by atoms with van der Waals surface area (Å²) in [6.45, 7) is 5.02. The van der Waals surface area contributed by atoms with Crippen molar-refractivity contribution in [3.8, 4) is 0 Å². The van der Waals surface area contributed by atoms with E-state index in [1.165, 1.54) is 0 Å². The Labute approximate surface area is 82.7 Å². The van der Waals surface area contributed by atoms with Crippen LogP contribution in [0.5, 0.6) is 0 Å². The summed E-state index contributed by atoms with van der Waals surface area (Å²) in [7, 11) is 0. The largest absolute Gasteiger partial charge is 0.481 e. The third-order valence-electron chi connectivity index (χ3n) is 0.732. The smallest absolute Gasteiger partial charge is 0.405 e. The molecule has 6 nitrogen and oxygen atoms in total. The Bertz CT molecular complexity index is 185. The average molecular weight is 207 g/mol. The first-order valence-corrected chi connectivity index (χ1v) is 4.00. The molecule has 0 aromatic heterocycles. The van der Waals surface area contributed by atoms with Gasteiger partial charge in [0, 0.05) is 0 Å². The summed E-state index contributed by atoms with van der Waals surface area (Å²) in [5.74, 6) is -0.961. The third-order valence-corrected chi connectivity index (χ3v) is 0.732. The van der Waals surface area contributed by atoms with Crippen molar-refractivity contribution in [1.82, 2.24) is 0 Å². The minimum absolute atomic E-state index is 0.153. The first kappa shape index (κ1) is 15.2. The van der Waals surface area contributed by atoms with Crippen molar-refractivity contribution in [3.05, 3.63) is 0 Å². The second-order valence-electron chi connectivity index (χ2n) is 3.40. The summed E-state index contributed by atoms with van der Waals surface area (Å²) in [6.07, 6.45) is -0.877. The predicted octanol–water partition coefficient (Wildman–Crippen LogP) is 0.334. The van der Waals surface area contributed by atoms with Crippen molar-refractivity contribution in [2.45, 2.75) is 32.8 Å². The molecule has 0 aliphatic carbocycles. The number of ether oxygens (including phenoxy) is 1. The number of primary amides is 1. The molecule has 84 valence electrons. The number of carbonyl (C=O) groups is 2. The fourth-order valence-electron chi connectivity index (χ4n) is 0.397. The monoisotopic (exact) mass is 207 g/mol. The van der Waals surface area contributed by atoms with E-state index in [0.29, 0.717) is 0 Å². The second kappa shape index (κ2) is 7.14. The Morgan fingerprint density at radius 2 is 1.79 bits per heavy atom. The summed E-state index contributed by atoms with van der Waals surface area (Å²) >= 11 is 0. The molecule has 0 saturated carbocycles. The van der Waals surface area contributed by atoms with Gasteiger partial charge in [0.2, 0.25) is 0 Å². The number of hydrogen-bond acceptors (Lipinski definition) is 4. The van der Waals surface area contributed by atoms with Crippen molar-refractivity contribution in [1.29, 1.82) is 0 Å². The van der Waals surface area contributed by atoms with Gasteiger partial charge in [-0.1, -0.05) is 0 Å². The highest BCUT2D eigenvalue weighted by molar-refractivity contribution is 5.66. The van der Waals surface area contributed by atoms with E-state index in [0.717, 1.165) is 0 Å². The number of amides is 1. The molecule has 0 radical (unpaired) electrons. The first-order valence-electron chi connectivity index (χ1n) is 4.00. The number of rotatable bonds is 2. The van der Waals surface area contributed by atoms with Crippen LogP contribution in [0.2, 0.25) is 0 Å². The number of aliphatic carboxylic acids is 1. The van der Waals surface area contributed by atoms with Crippen LogP contribution in [0.1, 0.15) is 27.2 Å². The summed E-state index contributed by atoms with van der Waals surface area (Å²) in [4.78, 5) is 19.5. The van der Waals surface area contributed by atoms with E-state index in [1.807, 2.05) is 0 Å². The molecule has 0 rings (SSSR count). The fraction of sp³-hybridized carbons (Fsp3) is 0.750. The lowest BCUT2D eigenvalue weighted by molar-refractivity contribution is -0.137. The zero-order valence-electron chi connectivity index (χ0n) is 8.61. The standard InChI is InChI=1S/C5H11NO2.C3H6O3/c1-5(2,3)8-4(6)7;4-2-1-3(5)6/h1-3H3,(H2,6,7);4H,1-2H2,(H,5,6). The summed E-state index contributed by atoms with van der Waals surface area (Å²) in [5, 5.41) is 15.6. The molecule has 0 aliphatic rings. The normalized spacial score (nSPS) is 9.71. The molecule has 6 heteroatoms. The van der Waals surface area contributed by atoms with Gasteiger partial charge in [0.25, 0.3) is 0 Å². The summed E-state index contributed by atoms with van der Waals surface area (Å²) in [6, 6.07) is 0. The number of carboxylic acid groups (broad SMARTS) is 1. The molecule has 0 fully saturated rings. The number of aliphatic hydroxyl groups excluding tert-OH is 1. The lowest BCUT2D eigenvalue weighted by Gasteiger charge is -2.16. The number of aliphatic hydroxyl groups is 1. The molecule has 4 N–H and O–H groups in total. The molecule has 0 aromatic rings. The van der Waals surface area contributed by atoms with Gasteiger partial charge in [-0.15, -0.1) is 0 Å². The maximum atomic E-state index is 10.0. The zero-order valence-corrected chi connectivity index (χ0v) is 8.61. The van der Waals surface area contributed by atoms with Gasteiger partial charge >= 0.3 is 12.1 Å². The Morgan fingerprint density at radius 3 is 1.79 bits per heavy atom. The highest BCUT2D eigenvalue weighted by atomic mass is 16.6. The molecule has 0 saturated heterocycles. The molecule has 0 atom stereocenters. The maximum Gasteiger partial charge on any atom is 0.405 e. The minimum Gasteiger partial charge on any atom is -0.481 e. The highest BCUT2D eigenvalue weighted by Gasteiger charge is 2.12. The molecule has 1 amide bonds. The van der Waals surface area contributed by atoms with E-state index in [1.54, 1.807) is 20.8 Å². The second-order valence-corrected chi connectivity index (χ2v) is 3.40. The van der Waals surface area contributed by atoms with Crippen LogP contribution in [0.25, 0.3) is 0 Å². The van der Waals surface area contributed by atoms with E-state index >= 15 is 0 Å². The Hall–Kier alpha value is -1.30. The Balaban J connectivity index is 0. The highest BCUT2D eigenvalue weighted by Crippen LogP contribution is 2.04. The van der Waals surface area contributed by atoms with E-state index in [-0.39, 0.29) is 13.0 Å². The summed E-state index contributed by atoms with van der Waals surface area (Å²) in [5.41, 5.74) is 4.26. The van der Waals surface area contributed by atoms with Gasteiger partial charge < -0.3 is 20.7 Å². The quantitative estimate of drug-likeness (QED) is 0.604. The van der Waals surface area contributed by atoms with Crippen molar-refractivity contribution < 1.29 is 24.5 Å². The zero-order chi connectivity index (χ0) is 11.8. The van der Waals surface area contributed by atoms with Gasteiger partial charge in [-0.2, -0.15) is 0 Å². The van der Waals surface area contributed by atoms with Gasteiger partial charge in [-0.25, -0.2) is 4.79 Å². The van der Waals surface area contributed by atoms with Crippen LogP contribution < -0.4 is 5.73 Å². The van der Waals surface area contributed by atoms with Gasteiger partial charge in [-0.3, -0.25) is 4.79 Å². The van der Waals surface area contributed by atoms with Crippen molar-refractivity contribution in [3.63, 3.8) is 0 Å². The lowest BCUT2D eigenvalue weighted by Crippen LogP contribution is -2.27. The molecule has 0 aromatic carbocycles. The molecule has 14 heavy (non-hydrogen) atoms. The number of nitrogens with two attached hydrogens (primary N) is 1. The summed E-state index contributed by atoms with van der Waals surface area (Å²) < 4.78 is 4.58. The average Bonchev–Trinajstić information content (AvgIpc) is 1.80. The van der Waals surface area contributed by atoms with Crippen LogP contribution in [-0.4, -0.2) is 34.5 Å². The molecular weight excluding hydrogens is 190 g/mol. The minimum atomic E-state index is -0.961.